The first-order valence-corrected chi connectivity index (χ1v) is 5.87. The molecule has 3 N–H and O–H groups in total. The van der Waals surface area contributed by atoms with Gasteiger partial charge in [0.15, 0.2) is 0 Å². The second-order valence-corrected chi connectivity index (χ2v) is 4.65. The molecule has 84 valence electrons. The Balaban J connectivity index is 2.63. The van der Waals surface area contributed by atoms with Crippen LogP contribution in [-0.2, 0) is 11.3 Å². The molecule has 0 aliphatic carbocycles. The highest BCUT2D eigenvalue weighted by Crippen LogP contribution is 2.24. The highest BCUT2D eigenvalue weighted by molar-refractivity contribution is 14.1. The average Bonchev–Trinajstić information content (AvgIpc) is 2.29. The van der Waals surface area contributed by atoms with E-state index in [4.69, 9.17) is 10.6 Å². The van der Waals surface area contributed by atoms with Gasteiger partial charge in [0.2, 0.25) is 0 Å². The van der Waals surface area contributed by atoms with E-state index in [-0.39, 0.29) is 0 Å². The van der Waals surface area contributed by atoms with Crippen LogP contribution in [0.15, 0.2) is 24.3 Å². The summed E-state index contributed by atoms with van der Waals surface area (Å²) in [5.74, 6) is 5.51. The summed E-state index contributed by atoms with van der Waals surface area (Å²) < 4.78 is 6.22. The molecule has 0 saturated heterocycles. The van der Waals surface area contributed by atoms with Crippen molar-refractivity contribution in [2.45, 2.75) is 6.61 Å². The number of nitrogen functional groups attached to an aromatic ring is 1. The van der Waals surface area contributed by atoms with Crippen LogP contribution in [0.2, 0.25) is 0 Å². The number of hydrogen-bond acceptors (Lipinski definition) is 4. The number of pyridine rings is 1. The molecule has 0 spiro atoms. The van der Waals surface area contributed by atoms with Gasteiger partial charge in [-0.1, -0.05) is 0 Å². The van der Waals surface area contributed by atoms with Gasteiger partial charge in [-0.05, 0) is 46.9 Å². The second-order valence-electron chi connectivity index (χ2n) is 3.40. The zero-order valence-electron chi connectivity index (χ0n) is 8.83. The van der Waals surface area contributed by atoms with Gasteiger partial charge in [-0.15, -0.1) is 0 Å². The molecule has 4 nitrogen and oxygen atoms in total. The number of anilines is 1. The van der Waals surface area contributed by atoms with Crippen LogP contribution in [-0.4, -0.2) is 12.1 Å². The van der Waals surface area contributed by atoms with Crippen LogP contribution in [0.3, 0.4) is 0 Å². The van der Waals surface area contributed by atoms with Crippen molar-refractivity contribution in [3.05, 3.63) is 33.5 Å². The Bertz CT molecular complexity index is 516. The van der Waals surface area contributed by atoms with Crippen LogP contribution in [0, 0.1) is 3.57 Å². The normalized spacial score (nSPS) is 10.7. The van der Waals surface area contributed by atoms with E-state index in [1.54, 1.807) is 7.11 Å². The zero-order chi connectivity index (χ0) is 11.5. The summed E-state index contributed by atoms with van der Waals surface area (Å²) in [5, 5.41) is 1.02. The van der Waals surface area contributed by atoms with Crippen LogP contribution >= 0.6 is 22.6 Å². The van der Waals surface area contributed by atoms with E-state index < -0.39 is 0 Å². The number of ether oxygens (including phenoxy) is 1. The van der Waals surface area contributed by atoms with Crippen LogP contribution in [0.5, 0.6) is 0 Å². The maximum Gasteiger partial charge on any atom is 0.0885 e. The number of aromatic nitrogens is 1. The Kier molecular flexibility index (Phi) is 3.57. The lowest BCUT2D eigenvalue weighted by Gasteiger charge is -2.08. The second kappa shape index (κ2) is 4.94. The number of halogens is 1. The third-order valence-electron chi connectivity index (χ3n) is 2.27. The summed E-state index contributed by atoms with van der Waals surface area (Å²) >= 11 is 2.27. The molecule has 16 heavy (non-hydrogen) atoms. The van der Waals surface area contributed by atoms with Crippen molar-refractivity contribution in [1.29, 1.82) is 0 Å². The van der Waals surface area contributed by atoms with Crippen molar-refractivity contribution < 1.29 is 4.74 Å². The highest BCUT2D eigenvalue weighted by atomic mass is 127. The predicted octanol–water partition coefficient (Wildman–Crippen LogP) is 2.27. The van der Waals surface area contributed by atoms with Crippen molar-refractivity contribution in [1.82, 2.24) is 4.98 Å². The Morgan fingerprint density at radius 2 is 2.25 bits per heavy atom. The Labute approximate surface area is 107 Å². The van der Waals surface area contributed by atoms with Crippen molar-refractivity contribution in [3.63, 3.8) is 0 Å². The molecule has 0 aliphatic heterocycles. The predicted molar refractivity (Wildman–Crippen MR) is 73.0 cm³/mol. The number of nitrogens with zero attached hydrogens (tertiary/aromatic N) is 1. The third-order valence-corrected chi connectivity index (χ3v) is 2.94. The summed E-state index contributed by atoms with van der Waals surface area (Å²) in [7, 11) is 1.65. The largest absolute Gasteiger partial charge is 0.378 e. The fourth-order valence-electron chi connectivity index (χ4n) is 1.59. The number of rotatable bonds is 3. The van der Waals surface area contributed by atoms with Gasteiger partial charge in [0, 0.05) is 16.1 Å². The average molecular weight is 329 g/mol. The van der Waals surface area contributed by atoms with E-state index in [0.717, 1.165) is 25.9 Å². The molecule has 0 amide bonds. The fraction of sp³-hybridized carbons (Fsp3) is 0.182. The van der Waals surface area contributed by atoms with Gasteiger partial charge in [0.05, 0.1) is 23.5 Å². The van der Waals surface area contributed by atoms with Gasteiger partial charge >= 0.3 is 0 Å². The molecular weight excluding hydrogens is 317 g/mol. The van der Waals surface area contributed by atoms with Crippen LogP contribution < -0.4 is 11.3 Å². The van der Waals surface area contributed by atoms with E-state index in [9.17, 15) is 0 Å². The molecule has 1 aromatic heterocycles. The number of nitrogens with one attached hydrogen (secondary N) is 1. The van der Waals surface area contributed by atoms with E-state index in [2.05, 4.69) is 39.1 Å². The van der Waals surface area contributed by atoms with Crippen LogP contribution in [0.1, 0.15) is 5.69 Å². The first-order valence-electron chi connectivity index (χ1n) is 4.79. The van der Waals surface area contributed by atoms with Gasteiger partial charge in [0.25, 0.3) is 0 Å². The maximum atomic E-state index is 5.51. The van der Waals surface area contributed by atoms with Crippen molar-refractivity contribution in [2.75, 3.05) is 12.5 Å². The van der Waals surface area contributed by atoms with Gasteiger partial charge in [-0.25, -0.2) is 0 Å². The lowest BCUT2D eigenvalue weighted by atomic mass is 10.1. The molecule has 5 heteroatoms. The summed E-state index contributed by atoms with van der Waals surface area (Å²) in [6.07, 6.45) is 0. The fourth-order valence-corrected chi connectivity index (χ4v) is 2.09. The minimum absolute atomic E-state index is 0.483. The number of fused-ring (bicyclic) bond motifs is 1. The minimum atomic E-state index is 0.483. The zero-order valence-corrected chi connectivity index (χ0v) is 11.0. The van der Waals surface area contributed by atoms with Gasteiger partial charge in [-0.2, -0.15) is 0 Å². The number of methoxy groups -OCH3 is 1. The topological polar surface area (TPSA) is 60.2 Å². The maximum absolute atomic E-state index is 5.51. The number of nitrogens with two attached hydrogens (primary N) is 1. The summed E-state index contributed by atoms with van der Waals surface area (Å²) in [4.78, 5) is 4.49. The molecule has 0 fully saturated rings. The first kappa shape index (κ1) is 11.6. The Hall–Kier alpha value is -0.920. The summed E-state index contributed by atoms with van der Waals surface area (Å²) in [6.45, 7) is 0.483. The number of benzene rings is 1. The van der Waals surface area contributed by atoms with E-state index in [0.29, 0.717) is 6.61 Å². The molecule has 2 aromatic rings. The number of hydrazine groups is 1. The molecule has 1 aromatic carbocycles. The molecule has 2 rings (SSSR count). The standard InChI is InChI=1S/C11H12IN3O/c1-16-6-8-5-11(15-13)9-4-7(12)2-3-10(9)14-8/h2-5H,6,13H2,1H3,(H,14,15). The molecule has 0 unspecified atom stereocenters. The number of hydrogen-bond donors (Lipinski definition) is 2. The summed E-state index contributed by atoms with van der Waals surface area (Å²) in [5.41, 5.74) is 5.35. The van der Waals surface area contributed by atoms with E-state index in [1.807, 2.05) is 18.2 Å². The Morgan fingerprint density at radius 1 is 1.44 bits per heavy atom. The van der Waals surface area contributed by atoms with Crippen molar-refractivity contribution >= 4 is 39.2 Å². The van der Waals surface area contributed by atoms with Crippen LogP contribution in [0.4, 0.5) is 5.69 Å². The lowest BCUT2D eigenvalue weighted by Crippen LogP contribution is -2.08. The van der Waals surface area contributed by atoms with E-state index in [1.165, 1.54) is 0 Å². The molecular formula is C11H12IN3O. The molecule has 0 aliphatic rings. The smallest absolute Gasteiger partial charge is 0.0885 e. The molecule has 0 radical (unpaired) electrons. The lowest BCUT2D eigenvalue weighted by molar-refractivity contribution is 0.182. The molecule has 0 bridgehead atoms. The first-order chi connectivity index (χ1) is 7.74. The van der Waals surface area contributed by atoms with Gasteiger partial charge < -0.3 is 10.2 Å². The highest BCUT2D eigenvalue weighted by Gasteiger charge is 2.05. The third kappa shape index (κ3) is 2.26. The SMILES string of the molecule is COCc1cc(NN)c2cc(I)ccc2n1. The monoisotopic (exact) mass is 329 g/mol. The molecule has 0 saturated carbocycles. The quantitative estimate of drug-likeness (QED) is 0.515. The minimum Gasteiger partial charge on any atom is -0.378 e. The molecule has 1 heterocycles. The van der Waals surface area contributed by atoms with Crippen molar-refractivity contribution in [2.24, 2.45) is 5.84 Å². The van der Waals surface area contributed by atoms with E-state index >= 15 is 0 Å². The van der Waals surface area contributed by atoms with Gasteiger partial charge in [0.1, 0.15) is 0 Å². The van der Waals surface area contributed by atoms with Crippen molar-refractivity contribution in [3.8, 4) is 0 Å². The summed E-state index contributed by atoms with van der Waals surface area (Å²) in [6, 6.07) is 7.96. The van der Waals surface area contributed by atoms with Gasteiger partial charge in [-0.3, -0.25) is 10.8 Å². The Morgan fingerprint density at radius 3 is 2.94 bits per heavy atom. The van der Waals surface area contributed by atoms with Crippen LogP contribution in [0.25, 0.3) is 10.9 Å². The molecule has 0 atom stereocenters.